The molecule has 0 aromatic carbocycles. The van der Waals surface area contributed by atoms with Crippen molar-refractivity contribution in [2.24, 2.45) is 4.99 Å². The lowest BCUT2D eigenvalue weighted by molar-refractivity contribution is 0.209. The number of hydrogen-bond donors (Lipinski definition) is 0. The highest BCUT2D eigenvalue weighted by atomic mass is 16.5. The minimum absolute atomic E-state index is 0.760. The molecule has 1 aliphatic rings. The molecule has 0 radical (unpaired) electrons. The lowest BCUT2D eigenvalue weighted by atomic mass is 10.3. The first-order chi connectivity index (χ1) is 3.43. The molecule has 1 aliphatic heterocycles. The fourth-order valence-electron chi connectivity index (χ4n) is 0.628. The summed E-state index contributed by atoms with van der Waals surface area (Å²) >= 11 is 0. The average molecular weight is 99.1 g/mol. The van der Waals surface area contributed by atoms with Crippen molar-refractivity contribution < 1.29 is 4.74 Å². The molecule has 40 valence electrons. The van der Waals surface area contributed by atoms with Crippen molar-refractivity contribution >= 4 is 5.71 Å². The molecule has 0 unspecified atom stereocenters. The number of hydrogen-bond acceptors (Lipinski definition) is 2. The van der Waals surface area contributed by atoms with Crippen LogP contribution in [0.2, 0.25) is 0 Å². The Hall–Kier alpha value is -0.370. The molecule has 0 spiro atoms. The van der Waals surface area contributed by atoms with Gasteiger partial charge in [-0.2, -0.15) is 0 Å². The molecule has 0 aromatic heterocycles. The maximum Gasteiger partial charge on any atom is 0.0845 e. The fraction of sp³-hybridized carbons (Fsp3) is 0.800. The topological polar surface area (TPSA) is 21.6 Å². The van der Waals surface area contributed by atoms with E-state index in [9.17, 15) is 0 Å². The number of aliphatic imine (C=N–C) groups is 1. The Labute approximate surface area is 43.2 Å². The van der Waals surface area contributed by atoms with Crippen molar-refractivity contribution in [2.75, 3.05) is 20.3 Å². The highest BCUT2D eigenvalue weighted by Crippen LogP contribution is 1.97. The van der Waals surface area contributed by atoms with Crippen LogP contribution >= 0.6 is 0 Å². The van der Waals surface area contributed by atoms with Gasteiger partial charge in [-0.05, 0) is 0 Å². The van der Waals surface area contributed by atoms with Crippen LogP contribution in [0.25, 0.3) is 0 Å². The van der Waals surface area contributed by atoms with Gasteiger partial charge >= 0.3 is 0 Å². The second-order valence-corrected chi connectivity index (χ2v) is 1.59. The van der Waals surface area contributed by atoms with E-state index in [0.29, 0.717) is 0 Å². The molecule has 0 saturated carbocycles. The van der Waals surface area contributed by atoms with E-state index < -0.39 is 0 Å². The van der Waals surface area contributed by atoms with E-state index in [1.807, 2.05) is 7.05 Å². The van der Waals surface area contributed by atoms with Crippen LogP contribution in [0.15, 0.2) is 4.99 Å². The first kappa shape index (κ1) is 4.78. The zero-order valence-electron chi connectivity index (χ0n) is 4.48. The zero-order valence-corrected chi connectivity index (χ0v) is 4.48. The van der Waals surface area contributed by atoms with Crippen molar-refractivity contribution in [2.45, 2.75) is 6.42 Å². The molecule has 0 amide bonds. The van der Waals surface area contributed by atoms with E-state index in [1.165, 1.54) is 5.71 Å². The van der Waals surface area contributed by atoms with Gasteiger partial charge in [-0.15, -0.1) is 0 Å². The van der Waals surface area contributed by atoms with Gasteiger partial charge in [0.1, 0.15) is 0 Å². The Balaban J connectivity index is 2.41. The minimum atomic E-state index is 0.760. The molecular formula is C5H9NO. The first-order valence-corrected chi connectivity index (χ1v) is 2.46. The van der Waals surface area contributed by atoms with Gasteiger partial charge in [0.05, 0.1) is 13.2 Å². The highest BCUT2D eigenvalue weighted by molar-refractivity contribution is 5.86. The minimum Gasteiger partial charge on any atom is -0.375 e. The van der Waals surface area contributed by atoms with Crippen molar-refractivity contribution in [1.82, 2.24) is 0 Å². The normalized spacial score (nSPS) is 26.7. The van der Waals surface area contributed by atoms with Gasteiger partial charge in [0.2, 0.25) is 0 Å². The van der Waals surface area contributed by atoms with Crippen LogP contribution in [-0.2, 0) is 4.74 Å². The zero-order chi connectivity index (χ0) is 5.11. The molecular weight excluding hydrogens is 90.1 g/mol. The number of nitrogens with zero attached hydrogens (tertiary/aromatic N) is 1. The summed E-state index contributed by atoms with van der Waals surface area (Å²) in [6, 6.07) is 0. The molecule has 0 N–H and O–H groups in total. The standard InChI is InChI=1S/C5H9NO/c1-6-5-2-3-7-4-5/h2-4H2,1H3. The summed E-state index contributed by atoms with van der Waals surface area (Å²) in [5, 5.41) is 0. The predicted molar refractivity (Wildman–Crippen MR) is 28.8 cm³/mol. The Morgan fingerprint density at radius 2 is 2.57 bits per heavy atom. The van der Waals surface area contributed by atoms with E-state index in [4.69, 9.17) is 4.74 Å². The van der Waals surface area contributed by atoms with Gasteiger partial charge in [-0.1, -0.05) is 0 Å². The van der Waals surface area contributed by atoms with Gasteiger partial charge in [0.15, 0.2) is 0 Å². The number of rotatable bonds is 0. The van der Waals surface area contributed by atoms with Gasteiger partial charge in [-0.25, -0.2) is 0 Å². The summed E-state index contributed by atoms with van der Waals surface area (Å²) in [5.74, 6) is 0. The maximum atomic E-state index is 5.02. The second-order valence-electron chi connectivity index (χ2n) is 1.59. The van der Waals surface area contributed by atoms with E-state index in [2.05, 4.69) is 4.99 Å². The Bertz CT molecular complexity index is 80.1. The van der Waals surface area contributed by atoms with Crippen LogP contribution in [-0.4, -0.2) is 26.0 Å². The molecule has 7 heavy (non-hydrogen) atoms. The molecule has 1 fully saturated rings. The quantitative estimate of drug-likeness (QED) is 0.433. The van der Waals surface area contributed by atoms with Gasteiger partial charge < -0.3 is 4.74 Å². The molecule has 1 rings (SSSR count). The SMILES string of the molecule is CN=C1CCOC1. The fourth-order valence-corrected chi connectivity index (χ4v) is 0.628. The Morgan fingerprint density at radius 3 is 2.86 bits per heavy atom. The van der Waals surface area contributed by atoms with Gasteiger partial charge in [-0.3, -0.25) is 4.99 Å². The average Bonchev–Trinajstić information content (AvgIpc) is 2.14. The van der Waals surface area contributed by atoms with Crippen LogP contribution in [0.3, 0.4) is 0 Å². The molecule has 0 aliphatic carbocycles. The summed E-state index contributed by atoms with van der Waals surface area (Å²) in [5.41, 5.74) is 1.19. The summed E-state index contributed by atoms with van der Waals surface area (Å²) in [7, 11) is 1.81. The lowest BCUT2D eigenvalue weighted by Gasteiger charge is -1.83. The Morgan fingerprint density at radius 1 is 1.71 bits per heavy atom. The van der Waals surface area contributed by atoms with Crippen molar-refractivity contribution in [1.29, 1.82) is 0 Å². The van der Waals surface area contributed by atoms with E-state index in [1.54, 1.807) is 0 Å². The van der Waals surface area contributed by atoms with E-state index >= 15 is 0 Å². The van der Waals surface area contributed by atoms with Gasteiger partial charge in [0, 0.05) is 19.2 Å². The summed E-state index contributed by atoms with van der Waals surface area (Å²) in [6.45, 7) is 1.63. The third-order valence-electron chi connectivity index (χ3n) is 1.12. The molecule has 2 heteroatoms. The summed E-state index contributed by atoms with van der Waals surface area (Å²) in [6.07, 6.45) is 1.04. The third-order valence-corrected chi connectivity index (χ3v) is 1.12. The number of ether oxygens (including phenoxy) is 1. The first-order valence-electron chi connectivity index (χ1n) is 2.46. The van der Waals surface area contributed by atoms with E-state index in [-0.39, 0.29) is 0 Å². The van der Waals surface area contributed by atoms with Crippen LogP contribution in [0.1, 0.15) is 6.42 Å². The van der Waals surface area contributed by atoms with Crippen LogP contribution in [0, 0.1) is 0 Å². The maximum absolute atomic E-state index is 5.02. The smallest absolute Gasteiger partial charge is 0.0845 e. The molecule has 0 bridgehead atoms. The molecule has 0 atom stereocenters. The second kappa shape index (κ2) is 2.07. The Kier molecular flexibility index (Phi) is 1.42. The lowest BCUT2D eigenvalue weighted by Crippen LogP contribution is -1.93. The van der Waals surface area contributed by atoms with Crippen LogP contribution in [0.5, 0.6) is 0 Å². The highest BCUT2D eigenvalue weighted by Gasteiger charge is 2.05. The summed E-state index contributed by atoms with van der Waals surface area (Å²) in [4.78, 5) is 3.98. The molecule has 1 heterocycles. The van der Waals surface area contributed by atoms with Crippen molar-refractivity contribution in [3.63, 3.8) is 0 Å². The third kappa shape index (κ3) is 0.996. The molecule has 0 aromatic rings. The monoisotopic (exact) mass is 99.1 g/mol. The molecule has 2 nitrogen and oxygen atoms in total. The molecule has 1 saturated heterocycles. The van der Waals surface area contributed by atoms with Crippen LogP contribution < -0.4 is 0 Å². The van der Waals surface area contributed by atoms with Crippen molar-refractivity contribution in [3.05, 3.63) is 0 Å². The largest absolute Gasteiger partial charge is 0.375 e. The predicted octanol–water partition coefficient (Wildman–Crippen LogP) is 0.478. The van der Waals surface area contributed by atoms with Crippen LogP contribution in [0.4, 0.5) is 0 Å². The summed E-state index contributed by atoms with van der Waals surface area (Å²) < 4.78 is 5.02. The van der Waals surface area contributed by atoms with E-state index in [0.717, 1.165) is 19.6 Å². The van der Waals surface area contributed by atoms with Gasteiger partial charge in [0.25, 0.3) is 0 Å². The van der Waals surface area contributed by atoms with Crippen molar-refractivity contribution in [3.8, 4) is 0 Å².